The monoisotopic (exact) mass is 271 g/mol. The molecule has 0 radical (unpaired) electrons. The number of nitrogens with one attached hydrogen (secondary N) is 1. The van der Waals surface area contributed by atoms with Gasteiger partial charge in [0.05, 0.1) is 6.04 Å². The average molecular weight is 271 g/mol. The number of rotatable bonds is 5. The van der Waals surface area contributed by atoms with Crippen LogP contribution in [0.3, 0.4) is 0 Å². The van der Waals surface area contributed by atoms with Gasteiger partial charge in [-0.25, -0.2) is 4.39 Å². The van der Waals surface area contributed by atoms with Gasteiger partial charge in [-0.2, -0.15) is 0 Å². The SMILES string of the molecule is Cc1cc(NC(CC(C)C)c2ccccc2)ccc1F. The summed E-state index contributed by atoms with van der Waals surface area (Å²) in [6.45, 7) is 6.22. The highest BCUT2D eigenvalue weighted by Gasteiger charge is 2.13. The Bertz CT molecular complexity index is 549. The maximum Gasteiger partial charge on any atom is 0.126 e. The first-order valence-electron chi connectivity index (χ1n) is 7.14. The van der Waals surface area contributed by atoms with Crippen molar-refractivity contribution in [3.8, 4) is 0 Å². The van der Waals surface area contributed by atoms with E-state index < -0.39 is 0 Å². The van der Waals surface area contributed by atoms with E-state index in [0.29, 0.717) is 11.5 Å². The molecule has 0 bridgehead atoms. The zero-order valence-electron chi connectivity index (χ0n) is 12.4. The Hall–Kier alpha value is -1.83. The highest BCUT2D eigenvalue weighted by Crippen LogP contribution is 2.26. The minimum absolute atomic E-state index is 0.157. The molecule has 1 nitrogen and oxygen atoms in total. The van der Waals surface area contributed by atoms with Gasteiger partial charge in [0.2, 0.25) is 0 Å². The van der Waals surface area contributed by atoms with E-state index in [1.54, 1.807) is 13.0 Å². The Balaban J connectivity index is 2.21. The summed E-state index contributed by atoms with van der Waals surface area (Å²) in [7, 11) is 0. The van der Waals surface area contributed by atoms with E-state index in [0.717, 1.165) is 12.1 Å². The van der Waals surface area contributed by atoms with Crippen LogP contribution in [-0.2, 0) is 0 Å². The molecule has 20 heavy (non-hydrogen) atoms. The van der Waals surface area contributed by atoms with Crippen molar-refractivity contribution in [3.63, 3.8) is 0 Å². The van der Waals surface area contributed by atoms with Gasteiger partial charge in [0.15, 0.2) is 0 Å². The Kier molecular flexibility index (Phi) is 4.78. The van der Waals surface area contributed by atoms with Crippen molar-refractivity contribution in [2.75, 3.05) is 5.32 Å². The molecule has 2 aromatic rings. The summed E-state index contributed by atoms with van der Waals surface area (Å²) >= 11 is 0. The molecule has 0 amide bonds. The fourth-order valence-corrected chi connectivity index (χ4v) is 2.37. The lowest BCUT2D eigenvalue weighted by molar-refractivity contribution is 0.531. The number of aryl methyl sites for hydroxylation is 1. The van der Waals surface area contributed by atoms with E-state index >= 15 is 0 Å². The summed E-state index contributed by atoms with van der Waals surface area (Å²) in [4.78, 5) is 0. The molecule has 2 rings (SSSR count). The van der Waals surface area contributed by atoms with Crippen LogP contribution < -0.4 is 5.32 Å². The summed E-state index contributed by atoms with van der Waals surface area (Å²) in [5, 5.41) is 3.53. The maximum absolute atomic E-state index is 13.3. The van der Waals surface area contributed by atoms with Gasteiger partial charge >= 0.3 is 0 Å². The van der Waals surface area contributed by atoms with Crippen molar-refractivity contribution in [1.82, 2.24) is 0 Å². The van der Waals surface area contributed by atoms with Gasteiger partial charge in [0.25, 0.3) is 0 Å². The lowest BCUT2D eigenvalue weighted by atomic mass is 9.96. The lowest BCUT2D eigenvalue weighted by Crippen LogP contribution is -2.13. The van der Waals surface area contributed by atoms with Crippen LogP contribution in [0.2, 0.25) is 0 Å². The third-order valence-electron chi connectivity index (χ3n) is 3.41. The van der Waals surface area contributed by atoms with Crippen LogP contribution in [0.25, 0.3) is 0 Å². The molecule has 0 heterocycles. The van der Waals surface area contributed by atoms with Gasteiger partial charge in [0, 0.05) is 5.69 Å². The summed E-state index contributed by atoms with van der Waals surface area (Å²) in [6, 6.07) is 15.9. The summed E-state index contributed by atoms with van der Waals surface area (Å²) in [5.74, 6) is 0.435. The molecule has 1 unspecified atom stereocenters. The van der Waals surface area contributed by atoms with Crippen molar-refractivity contribution in [1.29, 1.82) is 0 Å². The van der Waals surface area contributed by atoms with Crippen molar-refractivity contribution in [2.45, 2.75) is 33.2 Å². The lowest BCUT2D eigenvalue weighted by Gasteiger charge is -2.22. The van der Waals surface area contributed by atoms with E-state index in [2.05, 4.69) is 43.4 Å². The van der Waals surface area contributed by atoms with E-state index in [4.69, 9.17) is 0 Å². The predicted octanol–water partition coefficient (Wildman–Crippen LogP) is 5.33. The van der Waals surface area contributed by atoms with Gasteiger partial charge in [-0.1, -0.05) is 44.2 Å². The molecule has 0 saturated carbocycles. The van der Waals surface area contributed by atoms with Gasteiger partial charge in [-0.3, -0.25) is 0 Å². The number of hydrogen-bond donors (Lipinski definition) is 1. The molecular weight excluding hydrogens is 249 g/mol. The van der Waals surface area contributed by atoms with Crippen molar-refractivity contribution < 1.29 is 4.39 Å². The summed E-state index contributed by atoms with van der Waals surface area (Å²) in [5.41, 5.74) is 2.91. The standard InChI is InChI=1S/C18H22FN/c1-13(2)11-18(15-7-5-4-6-8-15)20-16-9-10-17(19)14(3)12-16/h4-10,12-13,18,20H,11H2,1-3H3. The second-order valence-corrected chi connectivity index (χ2v) is 5.70. The van der Waals surface area contributed by atoms with Crippen molar-refractivity contribution in [3.05, 3.63) is 65.5 Å². The van der Waals surface area contributed by atoms with Crippen LogP contribution in [0.4, 0.5) is 10.1 Å². The Morgan fingerprint density at radius 3 is 2.35 bits per heavy atom. The molecule has 0 aromatic heterocycles. The largest absolute Gasteiger partial charge is 0.378 e. The van der Waals surface area contributed by atoms with Gasteiger partial charge in [-0.05, 0) is 48.6 Å². The fraction of sp³-hybridized carbons (Fsp3) is 0.333. The van der Waals surface area contributed by atoms with Crippen molar-refractivity contribution in [2.24, 2.45) is 5.92 Å². The molecule has 2 aromatic carbocycles. The smallest absolute Gasteiger partial charge is 0.126 e. The first-order chi connectivity index (χ1) is 9.56. The molecule has 0 spiro atoms. The van der Waals surface area contributed by atoms with E-state index in [1.165, 1.54) is 11.6 Å². The second-order valence-electron chi connectivity index (χ2n) is 5.70. The van der Waals surface area contributed by atoms with Crippen molar-refractivity contribution >= 4 is 5.69 Å². The van der Waals surface area contributed by atoms with Gasteiger partial charge in [0.1, 0.15) is 5.82 Å². The topological polar surface area (TPSA) is 12.0 Å². The Labute approximate surface area is 120 Å². The minimum atomic E-state index is -0.157. The highest BCUT2D eigenvalue weighted by atomic mass is 19.1. The van der Waals surface area contributed by atoms with E-state index in [-0.39, 0.29) is 11.9 Å². The normalized spacial score (nSPS) is 12.4. The molecule has 0 saturated heterocycles. The van der Waals surface area contributed by atoms with Crippen LogP contribution in [0.5, 0.6) is 0 Å². The van der Waals surface area contributed by atoms with Crippen LogP contribution in [0.1, 0.15) is 37.4 Å². The third-order valence-corrected chi connectivity index (χ3v) is 3.41. The number of hydrogen-bond acceptors (Lipinski definition) is 1. The van der Waals surface area contributed by atoms with Gasteiger partial charge < -0.3 is 5.32 Å². The number of anilines is 1. The Morgan fingerprint density at radius 2 is 1.75 bits per heavy atom. The average Bonchev–Trinajstić information content (AvgIpc) is 2.43. The molecule has 0 fully saturated rings. The molecule has 1 N–H and O–H groups in total. The van der Waals surface area contributed by atoms with E-state index in [9.17, 15) is 4.39 Å². The van der Waals surface area contributed by atoms with Crippen LogP contribution in [-0.4, -0.2) is 0 Å². The number of benzene rings is 2. The number of halogens is 1. The predicted molar refractivity (Wildman–Crippen MR) is 83.4 cm³/mol. The van der Waals surface area contributed by atoms with Gasteiger partial charge in [-0.15, -0.1) is 0 Å². The second kappa shape index (κ2) is 6.56. The Morgan fingerprint density at radius 1 is 1.05 bits per heavy atom. The zero-order valence-corrected chi connectivity index (χ0v) is 12.4. The van der Waals surface area contributed by atoms with Crippen LogP contribution >= 0.6 is 0 Å². The maximum atomic E-state index is 13.3. The highest BCUT2D eigenvalue weighted by molar-refractivity contribution is 5.48. The fourth-order valence-electron chi connectivity index (χ4n) is 2.37. The summed E-state index contributed by atoms with van der Waals surface area (Å²) < 4.78 is 13.3. The molecule has 1 atom stereocenters. The van der Waals surface area contributed by atoms with E-state index in [1.807, 2.05) is 12.1 Å². The molecule has 2 heteroatoms. The van der Waals surface area contributed by atoms with Crippen LogP contribution in [0.15, 0.2) is 48.5 Å². The molecule has 106 valence electrons. The first kappa shape index (κ1) is 14.6. The zero-order chi connectivity index (χ0) is 14.5. The minimum Gasteiger partial charge on any atom is -0.378 e. The first-order valence-corrected chi connectivity index (χ1v) is 7.14. The quantitative estimate of drug-likeness (QED) is 0.774. The summed E-state index contributed by atoms with van der Waals surface area (Å²) in [6.07, 6.45) is 1.04. The molecule has 0 aliphatic heterocycles. The van der Waals surface area contributed by atoms with Crippen LogP contribution in [0, 0.1) is 18.7 Å². The molecular formula is C18H22FN. The molecule has 0 aliphatic carbocycles. The third kappa shape index (κ3) is 3.83. The molecule has 0 aliphatic rings.